The fourth-order valence-electron chi connectivity index (χ4n) is 5.93. The van der Waals surface area contributed by atoms with Crippen LogP contribution in [0.5, 0.6) is 0 Å². The lowest BCUT2D eigenvalue weighted by molar-refractivity contribution is -0.150. The predicted octanol–water partition coefficient (Wildman–Crippen LogP) is 4.48. The third-order valence-corrected chi connectivity index (χ3v) is 8.45. The van der Waals surface area contributed by atoms with Gasteiger partial charge in [0.25, 0.3) is 11.8 Å². The average Bonchev–Trinajstić information content (AvgIpc) is 3.43. The number of carbonyl (C=O) groups excluding carboxylic acids is 3. The van der Waals surface area contributed by atoms with E-state index in [9.17, 15) is 37.2 Å². The molecule has 3 amide bonds. The van der Waals surface area contributed by atoms with Gasteiger partial charge in [-0.15, -0.1) is 0 Å². The van der Waals surface area contributed by atoms with Gasteiger partial charge in [-0.2, -0.15) is 23.5 Å². The van der Waals surface area contributed by atoms with Crippen LogP contribution in [0.4, 0.5) is 23.4 Å². The number of hydrogen-bond donors (Lipinski definition) is 2. The Morgan fingerprint density at radius 1 is 1.06 bits per heavy atom. The summed E-state index contributed by atoms with van der Waals surface area (Å²) in [5, 5.41) is 19.9. The smallest absolute Gasteiger partial charge is 0.377 e. The van der Waals surface area contributed by atoms with Crippen LogP contribution in [0.1, 0.15) is 45.6 Å². The van der Waals surface area contributed by atoms with Crippen molar-refractivity contribution >= 4 is 23.5 Å². The highest BCUT2D eigenvalue weighted by molar-refractivity contribution is 6.05. The van der Waals surface area contributed by atoms with Crippen LogP contribution >= 0.6 is 0 Å². The molecule has 2 aliphatic rings. The number of likely N-dealkylation sites (N-methyl/N-ethyl adjacent to an activating group) is 1. The van der Waals surface area contributed by atoms with Gasteiger partial charge in [0.1, 0.15) is 17.7 Å². The molecule has 0 spiro atoms. The van der Waals surface area contributed by atoms with E-state index in [1.54, 1.807) is 37.3 Å². The van der Waals surface area contributed by atoms with Gasteiger partial charge < -0.3 is 15.4 Å². The molecule has 0 radical (unpaired) electrons. The largest absolute Gasteiger partial charge is 0.416 e. The first-order valence-electron chi connectivity index (χ1n) is 15.0. The van der Waals surface area contributed by atoms with Crippen LogP contribution in [0.3, 0.4) is 0 Å². The Morgan fingerprint density at radius 3 is 2.38 bits per heavy atom. The molecule has 1 fully saturated rings. The number of alkyl halides is 3. The van der Waals surface area contributed by atoms with Crippen LogP contribution < -0.4 is 15.5 Å². The zero-order valence-corrected chi connectivity index (χ0v) is 25.4. The van der Waals surface area contributed by atoms with E-state index < -0.39 is 52.7 Å². The zero-order chi connectivity index (χ0) is 34.2. The van der Waals surface area contributed by atoms with Crippen molar-refractivity contribution in [2.24, 2.45) is 5.41 Å². The summed E-state index contributed by atoms with van der Waals surface area (Å²) in [5.41, 5.74) is -1.05. The summed E-state index contributed by atoms with van der Waals surface area (Å²) < 4.78 is 61.3. The average molecular weight is 661 g/mol. The summed E-state index contributed by atoms with van der Waals surface area (Å²) in [4.78, 5) is 42.4. The molecule has 0 saturated carbocycles. The number of amides is 3. The van der Waals surface area contributed by atoms with E-state index in [0.29, 0.717) is 28.7 Å². The third-order valence-electron chi connectivity index (χ3n) is 8.45. The number of nitrogens with zero attached hydrogens (tertiary/aromatic N) is 4. The minimum absolute atomic E-state index is 0.0775. The van der Waals surface area contributed by atoms with Gasteiger partial charge in [-0.1, -0.05) is 36.4 Å². The summed E-state index contributed by atoms with van der Waals surface area (Å²) in [6.45, 7) is 1.47. The van der Waals surface area contributed by atoms with Gasteiger partial charge in [-0.05, 0) is 55.0 Å². The first-order chi connectivity index (χ1) is 23.0. The number of para-hydroxylation sites is 1. The number of hydrogen-bond acceptors (Lipinski definition) is 6. The molecule has 14 heteroatoms. The summed E-state index contributed by atoms with van der Waals surface area (Å²) >= 11 is 0. The quantitative estimate of drug-likeness (QED) is 0.268. The SMILES string of the molecule is CCN1C(=O)[C@@H](NC(=O)c2cccc(C(F)(F)F)c2)[C@@H](c2ccc(F)cc2)c2c(CNC(=O)C3(C#N)COC3)nn(-c3ccccc3)c21. The van der Waals surface area contributed by atoms with E-state index >= 15 is 0 Å². The summed E-state index contributed by atoms with van der Waals surface area (Å²) in [6.07, 6.45) is -4.71. The number of nitriles is 1. The van der Waals surface area contributed by atoms with Crippen molar-refractivity contribution in [1.29, 1.82) is 5.26 Å². The second kappa shape index (κ2) is 12.6. The molecular formula is C34H28F4N6O4. The van der Waals surface area contributed by atoms with Crippen LogP contribution in [0.25, 0.3) is 5.69 Å². The maximum Gasteiger partial charge on any atom is 0.416 e. The van der Waals surface area contributed by atoms with Crippen LogP contribution in [0.2, 0.25) is 0 Å². The Labute approximate surface area is 271 Å². The first-order valence-corrected chi connectivity index (χ1v) is 15.0. The van der Waals surface area contributed by atoms with Crippen molar-refractivity contribution in [1.82, 2.24) is 20.4 Å². The van der Waals surface area contributed by atoms with Gasteiger partial charge >= 0.3 is 6.18 Å². The van der Waals surface area contributed by atoms with Gasteiger partial charge in [0.2, 0.25) is 5.91 Å². The van der Waals surface area contributed by atoms with Gasteiger partial charge in [0.05, 0.1) is 42.8 Å². The van der Waals surface area contributed by atoms with E-state index in [0.717, 1.165) is 12.1 Å². The zero-order valence-electron chi connectivity index (χ0n) is 25.4. The van der Waals surface area contributed by atoms with Gasteiger partial charge in [-0.3, -0.25) is 19.3 Å². The maximum absolute atomic E-state index is 14.3. The molecule has 1 aromatic heterocycles. The minimum atomic E-state index is -4.71. The molecule has 246 valence electrons. The van der Waals surface area contributed by atoms with Crippen molar-refractivity contribution < 1.29 is 36.7 Å². The monoisotopic (exact) mass is 660 g/mol. The lowest BCUT2D eigenvalue weighted by Crippen LogP contribution is -2.55. The Balaban J connectivity index is 1.50. The van der Waals surface area contributed by atoms with E-state index in [2.05, 4.69) is 10.6 Å². The molecule has 1 saturated heterocycles. The minimum Gasteiger partial charge on any atom is -0.377 e. The lowest BCUT2D eigenvalue weighted by Gasteiger charge is -2.38. The van der Waals surface area contributed by atoms with Gasteiger partial charge in [-0.25, -0.2) is 9.07 Å². The van der Waals surface area contributed by atoms with E-state index in [4.69, 9.17) is 9.84 Å². The van der Waals surface area contributed by atoms with Gasteiger partial charge in [0, 0.05) is 23.6 Å². The Hall–Kier alpha value is -5.55. The summed E-state index contributed by atoms with van der Waals surface area (Å²) in [7, 11) is 0. The number of aromatic nitrogens is 2. The number of ether oxygens (including phenoxy) is 1. The van der Waals surface area contributed by atoms with Crippen LogP contribution in [0.15, 0.2) is 78.9 Å². The molecule has 4 aromatic rings. The molecule has 0 aliphatic carbocycles. The number of carbonyl (C=O) groups is 3. The molecule has 0 bridgehead atoms. The fraction of sp³-hybridized carbons (Fsp3) is 0.265. The molecule has 10 nitrogen and oxygen atoms in total. The molecule has 6 rings (SSSR count). The second-order valence-electron chi connectivity index (χ2n) is 11.4. The third kappa shape index (κ3) is 5.77. The molecule has 3 aromatic carbocycles. The molecule has 2 aliphatic heterocycles. The van der Waals surface area contributed by atoms with Crippen molar-refractivity contribution in [2.75, 3.05) is 24.7 Å². The van der Waals surface area contributed by atoms with Crippen molar-refractivity contribution in [2.45, 2.75) is 31.6 Å². The predicted molar refractivity (Wildman–Crippen MR) is 163 cm³/mol. The highest BCUT2D eigenvalue weighted by atomic mass is 19.4. The van der Waals surface area contributed by atoms with E-state index in [1.165, 1.54) is 39.9 Å². The van der Waals surface area contributed by atoms with Crippen LogP contribution in [0, 0.1) is 22.6 Å². The standard InChI is InChI=1S/C34H28F4N6O4/c1-2-43-30-27(25(42-44(30)24-9-4-3-5-10-24)16-40-32(47)33(17-39)18-48-19-33)26(20-11-13-23(35)14-12-20)28(31(43)46)41-29(45)21-7-6-8-22(15-21)34(36,37)38/h3-15,26,28H,2,16,18-19H2,1H3,(H,40,47)(H,41,45)/t26-,28-/m0/s1. The number of benzene rings is 3. The molecule has 48 heavy (non-hydrogen) atoms. The number of fused-ring (bicyclic) bond motifs is 1. The number of rotatable bonds is 8. The van der Waals surface area contributed by atoms with Crippen molar-refractivity contribution in [3.63, 3.8) is 0 Å². The first kappa shape index (κ1) is 32.4. The molecular weight excluding hydrogens is 632 g/mol. The van der Waals surface area contributed by atoms with Crippen LogP contribution in [-0.2, 0) is 27.0 Å². The molecule has 0 unspecified atom stereocenters. The normalized spacial score (nSPS) is 18.3. The molecule has 2 atom stereocenters. The lowest BCUT2D eigenvalue weighted by atomic mass is 9.80. The van der Waals surface area contributed by atoms with Crippen molar-refractivity contribution in [3.8, 4) is 11.8 Å². The van der Waals surface area contributed by atoms with Crippen molar-refractivity contribution in [3.05, 3.63) is 113 Å². The van der Waals surface area contributed by atoms with E-state index in [-0.39, 0.29) is 37.6 Å². The summed E-state index contributed by atoms with van der Waals surface area (Å²) in [6, 6.07) is 18.6. The highest BCUT2D eigenvalue weighted by Gasteiger charge is 2.48. The Morgan fingerprint density at radius 2 is 1.77 bits per heavy atom. The fourth-order valence-corrected chi connectivity index (χ4v) is 5.93. The maximum atomic E-state index is 14.3. The van der Waals surface area contributed by atoms with Gasteiger partial charge in [0.15, 0.2) is 5.41 Å². The second-order valence-corrected chi connectivity index (χ2v) is 11.4. The molecule has 2 N–H and O–H groups in total. The van der Waals surface area contributed by atoms with Crippen LogP contribution in [-0.4, -0.2) is 53.3 Å². The number of anilines is 1. The van der Waals surface area contributed by atoms with E-state index in [1.807, 2.05) is 6.07 Å². The molecule has 3 heterocycles. The number of halogens is 4. The Bertz CT molecular complexity index is 1920. The summed E-state index contributed by atoms with van der Waals surface area (Å²) in [5.74, 6) is -3.34. The Kier molecular flexibility index (Phi) is 8.48. The number of nitrogens with one attached hydrogen (secondary N) is 2. The topological polar surface area (TPSA) is 129 Å². The highest BCUT2D eigenvalue weighted by Crippen LogP contribution is 2.44.